The van der Waals surface area contributed by atoms with E-state index in [2.05, 4.69) is 38.8 Å². The number of nitrogens with zero attached hydrogens (tertiary/aromatic N) is 2. The minimum Gasteiger partial charge on any atom is -0.494 e. The van der Waals surface area contributed by atoms with Crippen LogP contribution in [0.1, 0.15) is 49.7 Å². The minimum atomic E-state index is -4.36. The molecule has 0 spiro atoms. The van der Waals surface area contributed by atoms with Gasteiger partial charge in [-0.2, -0.15) is 13.2 Å². The molecule has 1 heterocycles. The molecule has 0 aliphatic heterocycles. The summed E-state index contributed by atoms with van der Waals surface area (Å²) in [6, 6.07) is 12.4. The topological polar surface area (TPSA) is 79.4 Å². The van der Waals surface area contributed by atoms with Gasteiger partial charge in [-0.25, -0.2) is 4.98 Å². The van der Waals surface area contributed by atoms with Crippen molar-refractivity contribution in [1.29, 1.82) is 0 Å². The molecule has 3 aromatic rings. The molecule has 0 aliphatic rings. The molecule has 0 aliphatic carbocycles. The summed E-state index contributed by atoms with van der Waals surface area (Å²) in [6.07, 6.45) is 0.209. The van der Waals surface area contributed by atoms with Crippen LogP contribution in [0.25, 0.3) is 11.1 Å². The Hall–Kier alpha value is -3.11. The maximum atomic E-state index is 12.9. The Morgan fingerprint density at radius 2 is 1.76 bits per heavy atom. The number of alkyl halides is 3. The monoisotopic (exact) mass is 547 g/mol. The molecule has 2 aromatic carbocycles. The van der Waals surface area contributed by atoms with E-state index in [-0.39, 0.29) is 16.8 Å². The van der Waals surface area contributed by atoms with E-state index in [1.54, 1.807) is 12.5 Å². The van der Waals surface area contributed by atoms with Gasteiger partial charge in [0.15, 0.2) is 8.32 Å². The molecule has 206 valence electrons. The molecule has 3 rings (SSSR count). The molecule has 10 heteroatoms. The highest BCUT2D eigenvalue weighted by Crippen LogP contribution is 2.38. The molecule has 0 saturated heterocycles. The van der Waals surface area contributed by atoms with Gasteiger partial charge in [0.05, 0.1) is 24.6 Å². The number of primary amides is 1. The number of halogens is 3. The molecule has 6 nitrogen and oxygen atoms in total. The standard InChI is InChI=1S/C28H36F3N3O3Si/c1-27(2,3)38(4,5)37-24(17-34-18-25(26(32)35)33-19-34)10-7-15-36-23-9-6-8-21(16-23)20-11-13-22(14-12-20)28(29,30)31/h6,8-9,11-14,16,18-19,24H,7,10,15,17H2,1-5H3,(H2,32,35). The lowest BCUT2D eigenvalue weighted by Crippen LogP contribution is -2.45. The fourth-order valence-electron chi connectivity index (χ4n) is 3.72. The van der Waals surface area contributed by atoms with Crippen molar-refractivity contribution in [3.05, 3.63) is 72.3 Å². The van der Waals surface area contributed by atoms with Crippen LogP contribution in [-0.4, -0.2) is 36.5 Å². The minimum absolute atomic E-state index is 0.0355. The van der Waals surface area contributed by atoms with Gasteiger partial charge in [-0.3, -0.25) is 4.79 Å². The molecule has 1 amide bonds. The van der Waals surface area contributed by atoms with Crippen molar-refractivity contribution in [2.75, 3.05) is 6.61 Å². The molecule has 1 aromatic heterocycles. The third-order valence-electron chi connectivity index (χ3n) is 6.89. The Labute approximate surface area is 223 Å². The van der Waals surface area contributed by atoms with Crippen molar-refractivity contribution in [1.82, 2.24) is 9.55 Å². The first-order valence-corrected chi connectivity index (χ1v) is 15.5. The number of carbonyl (C=O) groups excluding carboxylic acids is 1. The summed E-state index contributed by atoms with van der Waals surface area (Å²) in [7, 11) is -2.06. The van der Waals surface area contributed by atoms with Crippen molar-refractivity contribution >= 4 is 14.2 Å². The van der Waals surface area contributed by atoms with Crippen LogP contribution in [0.5, 0.6) is 5.75 Å². The van der Waals surface area contributed by atoms with Crippen LogP contribution in [0.4, 0.5) is 13.2 Å². The predicted molar refractivity (Wildman–Crippen MR) is 144 cm³/mol. The summed E-state index contributed by atoms with van der Waals surface area (Å²) in [5.74, 6) is 0.0718. The van der Waals surface area contributed by atoms with Gasteiger partial charge in [0, 0.05) is 12.7 Å². The van der Waals surface area contributed by atoms with Gasteiger partial charge >= 0.3 is 6.18 Å². The number of benzene rings is 2. The first-order chi connectivity index (χ1) is 17.7. The third kappa shape index (κ3) is 7.94. The zero-order valence-corrected chi connectivity index (χ0v) is 23.5. The number of rotatable bonds is 11. The quantitative estimate of drug-likeness (QED) is 0.209. The number of nitrogens with two attached hydrogens (primary N) is 1. The van der Waals surface area contributed by atoms with E-state index < -0.39 is 26.0 Å². The van der Waals surface area contributed by atoms with Gasteiger partial charge in [-0.1, -0.05) is 45.0 Å². The van der Waals surface area contributed by atoms with Gasteiger partial charge in [-0.15, -0.1) is 0 Å². The average molecular weight is 548 g/mol. The van der Waals surface area contributed by atoms with E-state index in [4.69, 9.17) is 14.9 Å². The van der Waals surface area contributed by atoms with Crippen LogP contribution in [0.3, 0.4) is 0 Å². The highest BCUT2D eigenvalue weighted by atomic mass is 28.4. The molecule has 0 fully saturated rings. The van der Waals surface area contributed by atoms with Crippen LogP contribution in [0.15, 0.2) is 61.1 Å². The zero-order chi connectivity index (χ0) is 28.1. The molecule has 2 N–H and O–H groups in total. The van der Waals surface area contributed by atoms with Crippen LogP contribution in [0, 0.1) is 0 Å². The van der Waals surface area contributed by atoms with E-state index >= 15 is 0 Å². The number of hydrogen-bond donors (Lipinski definition) is 1. The maximum Gasteiger partial charge on any atom is 0.416 e. The number of ether oxygens (including phenoxy) is 1. The lowest BCUT2D eigenvalue weighted by atomic mass is 10.0. The molecule has 0 radical (unpaired) electrons. The van der Waals surface area contributed by atoms with Crippen LogP contribution >= 0.6 is 0 Å². The molecular weight excluding hydrogens is 511 g/mol. The van der Waals surface area contributed by atoms with Gasteiger partial charge in [0.25, 0.3) is 5.91 Å². The maximum absolute atomic E-state index is 12.9. The molecule has 0 saturated carbocycles. The first kappa shape index (κ1) is 29.4. The van der Waals surface area contributed by atoms with E-state index in [0.717, 1.165) is 30.5 Å². The average Bonchev–Trinajstić information content (AvgIpc) is 3.29. The van der Waals surface area contributed by atoms with Crippen molar-refractivity contribution in [3.63, 3.8) is 0 Å². The Kier molecular flexibility index (Phi) is 9.09. The summed E-state index contributed by atoms with van der Waals surface area (Å²) in [5, 5.41) is 0.0355. The summed E-state index contributed by atoms with van der Waals surface area (Å²) in [6.45, 7) is 11.9. The third-order valence-corrected chi connectivity index (χ3v) is 11.4. The van der Waals surface area contributed by atoms with E-state index in [1.165, 1.54) is 12.1 Å². The van der Waals surface area contributed by atoms with Crippen molar-refractivity contribution in [2.24, 2.45) is 5.73 Å². The highest BCUT2D eigenvalue weighted by Gasteiger charge is 2.39. The normalized spacial score (nSPS) is 13.4. The zero-order valence-electron chi connectivity index (χ0n) is 22.5. The highest BCUT2D eigenvalue weighted by molar-refractivity contribution is 6.74. The fraction of sp³-hybridized carbons (Fsp3) is 0.429. The fourth-order valence-corrected chi connectivity index (χ4v) is 5.10. The number of aromatic nitrogens is 2. The SMILES string of the molecule is CC(C)(C)[Si](C)(C)OC(CCCOc1cccc(-c2ccc(C(F)(F)F)cc2)c1)Cn1cnc(C(N)=O)c1. The molecule has 0 bridgehead atoms. The van der Waals surface area contributed by atoms with Crippen LogP contribution in [0.2, 0.25) is 18.1 Å². The second kappa shape index (κ2) is 11.7. The first-order valence-electron chi connectivity index (χ1n) is 12.6. The largest absolute Gasteiger partial charge is 0.494 e. The molecular formula is C28H36F3N3O3Si. The Morgan fingerprint density at radius 1 is 1.08 bits per heavy atom. The Morgan fingerprint density at radius 3 is 2.34 bits per heavy atom. The number of hydrogen-bond acceptors (Lipinski definition) is 4. The van der Waals surface area contributed by atoms with Crippen LogP contribution in [-0.2, 0) is 17.1 Å². The summed E-state index contributed by atoms with van der Waals surface area (Å²) < 4.78 is 53.1. The predicted octanol–water partition coefficient (Wildman–Crippen LogP) is 6.92. The van der Waals surface area contributed by atoms with Crippen molar-refractivity contribution < 1.29 is 27.1 Å². The number of imidazole rings is 1. The summed E-state index contributed by atoms with van der Waals surface area (Å²) >= 11 is 0. The van der Waals surface area contributed by atoms with Crippen LogP contribution < -0.4 is 10.5 Å². The number of amides is 1. The Bertz CT molecular complexity index is 1220. The molecule has 1 atom stereocenters. The molecule has 38 heavy (non-hydrogen) atoms. The van der Waals surface area contributed by atoms with E-state index in [1.807, 2.05) is 28.8 Å². The second-order valence-corrected chi connectivity index (χ2v) is 15.7. The lowest BCUT2D eigenvalue weighted by Gasteiger charge is -2.39. The second-order valence-electron chi connectivity index (χ2n) is 10.9. The Balaban J connectivity index is 1.62. The van der Waals surface area contributed by atoms with Gasteiger partial charge in [0.2, 0.25) is 0 Å². The van der Waals surface area contributed by atoms with Gasteiger partial charge in [-0.05, 0) is 66.4 Å². The van der Waals surface area contributed by atoms with Gasteiger partial charge < -0.3 is 19.5 Å². The van der Waals surface area contributed by atoms with E-state index in [9.17, 15) is 18.0 Å². The van der Waals surface area contributed by atoms with E-state index in [0.29, 0.717) is 24.5 Å². The van der Waals surface area contributed by atoms with Crippen molar-refractivity contribution in [2.45, 2.75) is 70.6 Å². The van der Waals surface area contributed by atoms with Crippen molar-refractivity contribution in [3.8, 4) is 16.9 Å². The molecule has 1 unspecified atom stereocenters. The number of carbonyl (C=O) groups is 1. The smallest absolute Gasteiger partial charge is 0.416 e. The summed E-state index contributed by atoms with van der Waals surface area (Å²) in [5.41, 5.74) is 6.34. The van der Waals surface area contributed by atoms with Gasteiger partial charge in [0.1, 0.15) is 11.4 Å². The lowest BCUT2D eigenvalue weighted by molar-refractivity contribution is -0.137. The summed E-state index contributed by atoms with van der Waals surface area (Å²) in [4.78, 5) is 15.5.